The van der Waals surface area contributed by atoms with Crippen molar-refractivity contribution in [1.29, 1.82) is 0 Å². The topological polar surface area (TPSA) is 77.8 Å². The monoisotopic (exact) mass is 413 g/mol. The number of aliphatic hydroxyl groups excluding tert-OH is 1. The van der Waals surface area contributed by atoms with E-state index in [0.717, 1.165) is 17.5 Å². The number of likely N-dealkylation sites (tertiary alicyclic amines) is 1. The van der Waals surface area contributed by atoms with Gasteiger partial charge in [0.1, 0.15) is 0 Å². The summed E-state index contributed by atoms with van der Waals surface area (Å²) in [4.78, 5) is 25.0. The highest BCUT2D eigenvalue weighted by atomic mass is 35.5. The van der Waals surface area contributed by atoms with Gasteiger partial charge in [-0.25, -0.2) is 4.79 Å². The Labute approximate surface area is 175 Å². The number of aromatic carboxylic acids is 1. The summed E-state index contributed by atoms with van der Waals surface area (Å²) in [6.45, 7) is 0.560. The van der Waals surface area contributed by atoms with E-state index < -0.39 is 12.1 Å². The van der Waals surface area contributed by atoms with Crippen molar-refractivity contribution < 1.29 is 19.8 Å². The van der Waals surface area contributed by atoms with Gasteiger partial charge >= 0.3 is 5.97 Å². The Balaban J connectivity index is 1.56. The van der Waals surface area contributed by atoms with Crippen molar-refractivity contribution in [2.45, 2.75) is 37.8 Å². The van der Waals surface area contributed by atoms with Crippen molar-refractivity contribution in [2.75, 3.05) is 6.54 Å². The fourth-order valence-electron chi connectivity index (χ4n) is 3.54. The molecular weight excluding hydrogens is 390 g/mol. The van der Waals surface area contributed by atoms with E-state index in [9.17, 15) is 14.7 Å². The fourth-order valence-corrected chi connectivity index (χ4v) is 3.75. The second-order valence-electron chi connectivity index (χ2n) is 7.23. The maximum atomic E-state index is 12.3. The van der Waals surface area contributed by atoms with Gasteiger partial charge in [0.15, 0.2) is 0 Å². The lowest BCUT2D eigenvalue weighted by Gasteiger charge is -2.23. The number of halogens is 1. The quantitative estimate of drug-likeness (QED) is 0.646. The van der Waals surface area contributed by atoms with Crippen LogP contribution in [0.25, 0.3) is 0 Å². The third-order valence-corrected chi connectivity index (χ3v) is 5.34. The zero-order chi connectivity index (χ0) is 20.8. The predicted molar refractivity (Wildman–Crippen MR) is 112 cm³/mol. The molecule has 0 aliphatic carbocycles. The number of carbonyl (C=O) groups is 2. The zero-order valence-electron chi connectivity index (χ0n) is 16.0. The van der Waals surface area contributed by atoms with Crippen LogP contribution in [0.3, 0.4) is 0 Å². The van der Waals surface area contributed by atoms with E-state index in [1.54, 1.807) is 36.4 Å². The van der Waals surface area contributed by atoms with Crippen LogP contribution in [0.1, 0.15) is 34.3 Å². The van der Waals surface area contributed by atoms with E-state index in [1.165, 1.54) is 0 Å². The van der Waals surface area contributed by atoms with Gasteiger partial charge in [0.05, 0.1) is 17.7 Å². The van der Waals surface area contributed by atoms with Crippen molar-refractivity contribution in [1.82, 2.24) is 4.90 Å². The Kier molecular flexibility index (Phi) is 7.07. The van der Waals surface area contributed by atoms with Crippen LogP contribution in [-0.2, 0) is 17.6 Å². The summed E-state index contributed by atoms with van der Waals surface area (Å²) in [5.74, 6) is -0.848. The molecule has 3 rings (SSSR count). The SMILES string of the molecule is O=C(O)c1ccc(CCN2C(=O)CC[C@@H]2C=C[C@@H](O)Cc2cccc(Cl)c2)cc1. The normalized spacial score (nSPS) is 17.8. The molecule has 29 heavy (non-hydrogen) atoms. The second kappa shape index (κ2) is 9.72. The number of aliphatic hydroxyl groups is 1. The maximum Gasteiger partial charge on any atom is 0.335 e. The minimum Gasteiger partial charge on any atom is -0.478 e. The Morgan fingerprint density at radius 1 is 1.21 bits per heavy atom. The van der Waals surface area contributed by atoms with Crippen LogP contribution >= 0.6 is 11.6 Å². The van der Waals surface area contributed by atoms with Crippen LogP contribution in [-0.4, -0.2) is 45.7 Å². The third kappa shape index (κ3) is 5.92. The molecule has 6 heteroatoms. The van der Waals surface area contributed by atoms with Crippen molar-refractivity contribution >= 4 is 23.5 Å². The molecule has 1 aliphatic rings. The summed E-state index contributed by atoms with van der Waals surface area (Å²) < 4.78 is 0. The number of carboxylic acids is 1. The van der Waals surface area contributed by atoms with Crippen LogP contribution in [0, 0.1) is 0 Å². The maximum absolute atomic E-state index is 12.3. The number of carbonyl (C=O) groups excluding carboxylic acids is 1. The van der Waals surface area contributed by atoms with Crippen LogP contribution < -0.4 is 0 Å². The molecule has 0 unspecified atom stereocenters. The number of benzene rings is 2. The molecule has 2 N–H and O–H groups in total. The van der Waals surface area contributed by atoms with Crippen LogP contribution in [0.15, 0.2) is 60.7 Å². The second-order valence-corrected chi connectivity index (χ2v) is 7.67. The Morgan fingerprint density at radius 2 is 1.97 bits per heavy atom. The van der Waals surface area contributed by atoms with E-state index in [1.807, 2.05) is 29.2 Å². The first-order valence-corrected chi connectivity index (χ1v) is 10.0. The lowest BCUT2D eigenvalue weighted by Crippen LogP contribution is -2.33. The molecule has 1 heterocycles. The molecule has 1 fully saturated rings. The number of hydrogen-bond donors (Lipinski definition) is 2. The summed E-state index contributed by atoms with van der Waals surface area (Å²) in [7, 11) is 0. The van der Waals surface area contributed by atoms with Gasteiger partial charge < -0.3 is 15.1 Å². The molecule has 2 aromatic rings. The molecular formula is C23H24ClNO4. The fraction of sp³-hybridized carbons (Fsp3) is 0.304. The Morgan fingerprint density at radius 3 is 2.66 bits per heavy atom. The largest absolute Gasteiger partial charge is 0.478 e. The Bertz CT molecular complexity index is 894. The van der Waals surface area contributed by atoms with Crippen molar-refractivity contribution in [3.8, 4) is 0 Å². The molecule has 0 bridgehead atoms. The van der Waals surface area contributed by atoms with Gasteiger partial charge in [-0.2, -0.15) is 0 Å². The average Bonchev–Trinajstić information content (AvgIpc) is 3.04. The molecule has 0 radical (unpaired) electrons. The highest BCUT2D eigenvalue weighted by Gasteiger charge is 2.28. The minimum absolute atomic E-state index is 0.0326. The summed E-state index contributed by atoms with van der Waals surface area (Å²) in [6, 6.07) is 14.1. The lowest BCUT2D eigenvalue weighted by molar-refractivity contribution is -0.128. The van der Waals surface area contributed by atoms with Gasteiger partial charge in [-0.15, -0.1) is 0 Å². The number of amides is 1. The number of nitrogens with zero attached hydrogens (tertiary/aromatic N) is 1. The van der Waals surface area contributed by atoms with Gasteiger partial charge in [0.25, 0.3) is 0 Å². The van der Waals surface area contributed by atoms with Crippen LogP contribution in [0.4, 0.5) is 0 Å². The smallest absolute Gasteiger partial charge is 0.335 e. The molecule has 1 aliphatic heterocycles. The van der Waals surface area contributed by atoms with E-state index >= 15 is 0 Å². The van der Waals surface area contributed by atoms with Gasteiger partial charge in [0.2, 0.25) is 5.91 Å². The van der Waals surface area contributed by atoms with Gasteiger partial charge in [-0.05, 0) is 48.2 Å². The van der Waals surface area contributed by atoms with Crippen molar-refractivity contribution in [2.24, 2.45) is 0 Å². The van der Waals surface area contributed by atoms with E-state index in [4.69, 9.17) is 16.7 Å². The van der Waals surface area contributed by atoms with E-state index in [2.05, 4.69) is 0 Å². The lowest BCUT2D eigenvalue weighted by atomic mass is 10.1. The highest BCUT2D eigenvalue weighted by molar-refractivity contribution is 6.30. The molecule has 0 aromatic heterocycles. The summed E-state index contributed by atoms with van der Waals surface area (Å²) in [5.41, 5.74) is 2.19. The van der Waals surface area contributed by atoms with Gasteiger partial charge in [0, 0.05) is 24.4 Å². The first-order valence-electron chi connectivity index (χ1n) is 9.65. The van der Waals surface area contributed by atoms with Crippen molar-refractivity contribution in [3.63, 3.8) is 0 Å². The molecule has 1 saturated heterocycles. The molecule has 2 atom stereocenters. The van der Waals surface area contributed by atoms with Crippen molar-refractivity contribution in [3.05, 3.63) is 82.4 Å². The molecule has 1 amide bonds. The van der Waals surface area contributed by atoms with E-state index in [0.29, 0.717) is 30.8 Å². The third-order valence-electron chi connectivity index (χ3n) is 5.11. The number of carboxylic acid groups (broad SMARTS) is 1. The Hall–Kier alpha value is -2.63. The minimum atomic E-state index is -0.951. The first-order chi connectivity index (χ1) is 13.9. The van der Waals surface area contributed by atoms with Crippen LogP contribution in [0.5, 0.6) is 0 Å². The molecule has 5 nitrogen and oxygen atoms in total. The summed E-state index contributed by atoms with van der Waals surface area (Å²) in [5, 5.41) is 19.9. The molecule has 152 valence electrons. The van der Waals surface area contributed by atoms with E-state index in [-0.39, 0.29) is 17.5 Å². The van der Waals surface area contributed by atoms with Gasteiger partial charge in [-0.3, -0.25) is 4.79 Å². The summed E-state index contributed by atoms with van der Waals surface area (Å²) >= 11 is 5.98. The molecule has 0 saturated carbocycles. The van der Waals surface area contributed by atoms with Crippen LogP contribution in [0.2, 0.25) is 5.02 Å². The zero-order valence-corrected chi connectivity index (χ0v) is 16.8. The molecule has 0 spiro atoms. The molecule has 2 aromatic carbocycles. The van der Waals surface area contributed by atoms with Gasteiger partial charge in [-0.1, -0.05) is 48.0 Å². The number of rotatable bonds is 8. The summed E-state index contributed by atoms with van der Waals surface area (Å²) in [6.07, 6.45) is 5.37. The first kappa shape index (κ1) is 21.1. The number of hydrogen-bond acceptors (Lipinski definition) is 3. The predicted octanol–water partition coefficient (Wildman–Crippen LogP) is 3.73. The standard InChI is InChI=1S/C23H24ClNO4/c24-19-3-1-2-17(14-19)15-21(26)10-8-20-9-11-22(27)25(20)13-12-16-4-6-18(7-5-16)23(28)29/h1-8,10,14,20-21,26H,9,11-13,15H2,(H,28,29)/t20-,21+/m0/s1. The average molecular weight is 414 g/mol. The highest BCUT2D eigenvalue weighted by Crippen LogP contribution is 2.21.